The molecule has 0 aliphatic heterocycles. The molecule has 0 heterocycles. The van der Waals surface area contributed by atoms with Crippen molar-refractivity contribution >= 4 is 21.8 Å². The molecule has 0 aromatic heterocycles. The van der Waals surface area contributed by atoms with Crippen molar-refractivity contribution in [2.75, 3.05) is 13.4 Å². The number of hydrogen-bond donors (Lipinski definition) is 2. The van der Waals surface area contributed by atoms with Crippen LogP contribution in [0.2, 0.25) is 0 Å². The third kappa shape index (κ3) is 6.21. The van der Waals surface area contributed by atoms with E-state index in [1.807, 2.05) is 16.9 Å². The van der Waals surface area contributed by atoms with Gasteiger partial charge in [-0.3, -0.25) is 9.59 Å². The Bertz CT molecular complexity index is 875. The van der Waals surface area contributed by atoms with Crippen molar-refractivity contribution in [3.05, 3.63) is 65.2 Å². The molecule has 0 radical (unpaired) electrons. The molecular formula is C18H20N2O5S. The molecule has 138 valence electrons. The highest BCUT2D eigenvalue weighted by molar-refractivity contribution is 7.89. The maximum absolute atomic E-state index is 12.0. The Morgan fingerprint density at radius 2 is 1.54 bits per heavy atom. The van der Waals surface area contributed by atoms with Crippen molar-refractivity contribution in [1.29, 1.82) is 0 Å². The van der Waals surface area contributed by atoms with Crippen molar-refractivity contribution in [2.45, 2.75) is 13.0 Å². The molecule has 0 unspecified atom stereocenters. The molecule has 0 saturated heterocycles. The number of nitrogens with one attached hydrogen (secondary N) is 2. The van der Waals surface area contributed by atoms with Gasteiger partial charge < -0.3 is 10.1 Å². The second-order valence-corrected chi connectivity index (χ2v) is 7.45. The Hall–Kier alpha value is -2.87. The third-order valence-corrected chi connectivity index (χ3v) is 4.06. The van der Waals surface area contributed by atoms with Gasteiger partial charge >= 0.3 is 0 Å². The summed E-state index contributed by atoms with van der Waals surface area (Å²) in [5, 5.41) is 2.80. The number of benzene rings is 2. The molecule has 2 rings (SSSR count). The number of rotatable bonds is 7. The SMILES string of the molecule is COc1ccc(CC(=O)NCc2ccc(C(=O)NS(C)(=O)=O)cc2)cc1. The highest BCUT2D eigenvalue weighted by Gasteiger charge is 2.11. The van der Waals surface area contributed by atoms with E-state index < -0.39 is 15.9 Å². The van der Waals surface area contributed by atoms with Crippen LogP contribution in [0.5, 0.6) is 5.75 Å². The largest absolute Gasteiger partial charge is 0.497 e. The summed E-state index contributed by atoms with van der Waals surface area (Å²) < 4.78 is 29.1. The molecule has 8 heteroatoms. The lowest BCUT2D eigenvalue weighted by molar-refractivity contribution is -0.120. The van der Waals surface area contributed by atoms with Crippen LogP contribution in [0.1, 0.15) is 21.5 Å². The van der Waals surface area contributed by atoms with Crippen LogP contribution in [0, 0.1) is 0 Å². The standard InChI is InChI=1S/C18H20N2O5S/c1-25-16-9-5-13(6-10-16)11-17(21)19-12-14-3-7-15(8-4-14)18(22)20-26(2,23)24/h3-10H,11-12H2,1-2H3,(H,19,21)(H,20,22). The Labute approximate surface area is 152 Å². The highest BCUT2D eigenvalue weighted by Crippen LogP contribution is 2.11. The smallest absolute Gasteiger partial charge is 0.264 e. The van der Waals surface area contributed by atoms with Crippen LogP contribution in [-0.2, 0) is 27.8 Å². The first-order valence-electron chi connectivity index (χ1n) is 7.77. The van der Waals surface area contributed by atoms with Gasteiger partial charge in [-0.1, -0.05) is 24.3 Å². The second-order valence-electron chi connectivity index (χ2n) is 5.70. The number of carbonyl (C=O) groups is 2. The molecule has 0 aliphatic carbocycles. The van der Waals surface area contributed by atoms with Gasteiger partial charge in [-0.05, 0) is 35.4 Å². The minimum Gasteiger partial charge on any atom is -0.497 e. The van der Waals surface area contributed by atoms with Crippen LogP contribution < -0.4 is 14.8 Å². The van der Waals surface area contributed by atoms with E-state index in [-0.39, 0.29) is 17.9 Å². The van der Waals surface area contributed by atoms with Crippen LogP contribution in [0.4, 0.5) is 0 Å². The summed E-state index contributed by atoms with van der Waals surface area (Å²) in [6.45, 7) is 0.308. The average molecular weight is 376 g/mol. The molecule has 26 heavy (non-hydrogen) atoms. The van der Waals surface area contributed by atoms with E-state index in [9.17, 15) is 18.0 Å². The monoisotopic (exact) mass is 376 g/mol. The van der Waals surface area contributed by atoms with Gasteiger partial charge in [-0.2, -0.15) is 0 Å². The highest BCUT2D eigenvalue weighted by atomic mass is 32.2. The van der Waals surface area contributed by atoms with Crippen LogP contribution >= 0.6 is 0 Å². The van der Waals surface area contributed by atoms with Gasteiger partial charge in [0, 0.05) is 12.1 Å². The Morgan fingerprint density at radius 3 is 2.08 bits per heavy atom. The third-order valence-electron chi connectivity index (χ3n) is 3.51. The lowest BCUT2D eigenvalue weighted by Crippen LogP contribution is -2.29. The van der Waals surface area contributed by atoms with Crippen molar-refractivity contribution in [3.63, 3.8) is 0 Å². The van der Waals surface area contributed by atoms with Crippen molar-refractivity contribution < 1.29 is 22.7 Å². The summed E-state index contributed by atoms with van der Waals surface area (Å²) >= 11 is 0. The predicted molar refractivity (Wildman–Crippen MR) is 97.3 cm³/mol. The van der Waals surface area contributed by atoms with E-state index in [4.69, 9.17) is 4.74 Å². The van der Waals surface area contributed by atoms with Crippen LogP contribution in [0.3, 0.4) is 0 Å². The molecule has 0 fully saturated rings. The Balaban J connectivity index is 1.86. The summed E-state index contributed by atoms with van der Waals surface area (Å²) in [5.41, 5.74) is 1.89. The molecule has 2 aromatic carbocycles. The fourth-order valence-electron chi connectivity index (χ4n) is 2.19. The summed E-state index contributed by atoms with van der Waals surface area (Å²) in [6, 6.07) is 13.6. The molecule has 0 spiro atoms. The summed E-state index contributed by atoms with van der Waals surface area (Å²) in [6.07, 6.45) is 1.16. The van der Waals surface area contributed by atoms with E-state index >= 15 is 0 Å². The number of ether oxygens (including phenoxy) is 1. The first kappa shape index (κ1) is 19.5. The Kier molecular flexibility index (Phi) is 6.35. The summed E-state index contributed by atoms with van der Waals surface area (Å²) in [7, 11) is -2.02. The normalized spacial score (nSPS) is 10.8. The number of hydrogen-bond acceptors (Lipinski definition) is 5. The number of amides is 2. The number of methoxy groups -OCH3 is 1. The van der Waals surface area contributed by atoms with E-state index in [0.29, 0.717) is 6.54 Å². The van der Waals surface area contributed by atoms with Crippen LogP contribution in [0.25, 0.3) is 0 Å². The lowest BCUT2D eigenvalue weighted by Gasteiger charge is -2.07. The Morgan fingerprint density at radius 1 is 0.962 bits per heavy atom. The lowest BCUT2D eigenvalue weighted by atomic mass is 10.1. The summed E-state index contributed by atoms with van der Waals surface area (Å²) in [4.78, 5) is 23.7. The van der Waals surface area contributed by atoms with Crippen LogP contribution in [0.15, 0.2) is 48.5 Å². The van der Waals surface area contributed by atoms with Gasteiger partial charge in [0.25, 0.3) is 5.91 Å². The van der Waals surface area contributed by atoms with Crippen molar-refractivity contribution in [3.8, 4) is 5.75 Å². The topological polar surface area (TPSA) is 102 Å². The van der Waals surface area contributed by atoms with Gasteiger partial charge in [-0.15, -0.1) is 0 Å². The van der Waals surface area contributed by atoms with E-state index in [1.54, 1.807) is 31.4 Å². The molecule has 2 amide bonds. The van der Waals surface area contributed by atoms with Crippen molar-refractivity contribution in [1.82, 2.24) is 10.0 Å². The maximum atomic E-state index is 12.0. The molecule has 0 bridgehead atoms. The van der Waals surface area contributed by atoms with Gasteiger partial charge in [0.2, 0.25) is 15.9 Å². The zero-order chi connectivity index (χ0) is 19.2. The minimum atomic E-state index is -3.60. The fourth-order valence-corrected chi connectivity index (χ4v) is 2.65. The van der Waals surface area contributed by atoms with Gasteiger partial charge in [0.15, 0.2) is 0 Å². The van der Waals surface area contributed by atoms with Gasteiger partial charge in [-0.25, -0.2) is 13.1 Å². The molecule has 7 nitrogen and oxygen atoms in total. The first-order chi connectivity index (χ1) is 12.3. The quantitative estimate of drug-likeness (QED) is 0.757. The van der Waals surface area contributed by atoms with E-state index in [1.165, 1.54) is 12.1 Å². The van der Waals surface area contributed by atoms with Crippen LogP contribution in [-0.4, -0.2) is 33.6 Å². The molecule has 2 N–H and O–H groups in total. The molecular weight excluding hydrogens is 356 g/mol. The van der Waals surface area contributed by atoms with Crippen molar-refractivity contribution in [2.24, 2.45) is 0 Å². The molecule has 2 aromatic rings. The van der Waals surface area contributed by atoms with Gasteiger partial charge in [0.1, 0.15) is 5.75 Å². The minimum absolute atomic E-state index is 0.130. The van der Waals surface area contributed by atoms with Gasteiger partial charge in [0.05, 0.1) is 19.8 Å². The zero-order valence-corrected chi connectivity index (χ0v) is 15.3. The molecule has 0 aliphatic rings. The van der Waals surface area contributed by atoms with E-state index in [2.05, 4.69) is 5.32 Å². The average Bonchev–Trinajstić information content (AvgIpc) is 2.59. The summed E-state index contributed by atoms with van der Waals surface area (Å²) in [5.74, 6) is -0.0918. The first-order valence-corrected chi connectivity index (χ1v) is 9.66. The number of carbonyl (C=O) groups excluding carboxylic acids is 2. The second kappa shape index (κ2) is 8.48. The molecule has 0 atom stereocenters. The zero-order valence-electron chi connectivity index (χ0n) is 14.5. The number of sulfonamides is 1. The predicted octanol–water partition coefficient (Wildman–Crippen LogP) is 1.24. The molecule has 0 saturated carbocycles. The maximum Gasteiger partial charge on any atom is 0.264 e. The fraction of sp³-hybridized carbons (Fsp3) is 0.222. The van der Waals surface area contributed by atoms with E-state index in [0.717, 1.165) is 23.1 Å².